The summed E-state index contributed by atoms with van der Waals surface area (Å²) < 4.78 is 0. The van der Waals surface area contributed by atoms with Gasteiger partial charge in [0.1, 0.15) is 0 Å². The Morgan fingerprint density at radius 1 is 1.67 bits per heavy atom. The molecule has 1 heterocycles. The molecule has 0 unspecified atom stereocenters. The zero-order valence-corrected chi connectivity index (χ0v) is 4.99. The summed E-state index contributed by atoms with van der Waals surface area (Å²) in [5, 5.41) is 8.44. The van der Waals surface area contributed by atoms with Gasteiger partial charge in [-0.25, -0.2) is 0 Å². The normalized spacial score (nSPS) is 9.44. The third-order valence-corrected chi connectivity index (χ3v) is 1.01. The van der Waals surface area contributed by atoms with Gasteiger partial charge < -0.3 is 5.11 Å². The van der Waals surface area contributed by atoms with E-state index in [1.165, 1.54) is 0 Å². The second-order valence-electron chi connectivity index (χ2n) is 1.67. The minimum absolute atomic E-state index is 0.0751. The molecule has 0 amide bonds. The van der Waals surface area contributed by atoms with Gasteiger partial charge in [-0.05, 0) is 11.6 Å². The van der Waals surface area contributed by atoms with Crippen LogP contribution in [0.1, 0.15) is 5.56 Å². The van der Waals surface area contributed by atoms with E-state index in [0.29, 0.717) is 0 Å². The van der Waals surface area contributed by atoms with Crippen LogP contribution in [0.5, 0.6) is 0 Å². The molecule has 0 bridgehead atoms. The maximum absolute atomic E-state index is 8.44. The van der Waals surface area contributed by atoms with Gasteiger partial charge in [0.15, 0.2) is 0 Å². The van der Waals surface area contributed by atoms with E-state index in [0.717, 1.165) is 5.56 Å². The zero-order valence-electron chi connectivity index (χ0n) is 4.99. The van der Waals surface area contributed by atoms with E-state index in [4.69, 9.17) is 5.11 Å². The van der Waals surface area contributed by atoms with Gasteiger partial charge in [-0.2, -0.15) is 0 Å². The van der Waals surface area contributed by atoms with E-state index >= 15 is 0 Å². The van der Waals surface area contributed by atoms with Crippen LogP contribution in [-0.4, -0.2) is 16.7 Å². The van der Waals surface area contributed by atoms with Gasteiger partial charge in [0.05, 0.1) is 6.61 Å². The van der Waals surface area contributed by atoms with Crippen LogP contribution in [0.4, 0.5) is 0 Å². The molecule has 0 saturated carbocycles. The minimum Gasteiger partial charge on any atom is -0.396 e. The van der Waals surface area contributed by atoms with Gasteiger partial charge >= 0.3 is 0 Å². The fourth-order valence-corrected chi connectivity index (χ4v) is 0.602. The van der Waals surface area contributed by atoms with Crippen LogP contribution in [0.15, 0.2) is 24.5 Å². The maximum Gasteiger partial charge on any atom is 0.0507 e. The average molecular weight is 122 g/mol. The van der Waals surface area contributed by atoms with Crippen molar-refractivity contribution in [2.24, 2.45) is 0 Å². The zero-order chi connectivity index (χ0) is 6.53. The summed E-state index contributed by atoms with van der Waals surface area (Å²) in [5.74, 6) is 0. The molecule has 2 nitrogen and oxygen atoms in total. The molecule has 1 rings (SSSR count). The molecule has 0 aliphatic rings. The Kier molecular flexibility index (Phi) is 2.22. The lowest BCUT2D eigenvalue weighted by Crippen LogP contribution is -1.86. The predicted octanol–water partition coefficient (Wildman–Crippen LogP) is 0.626. The topological polar surface area (TPSA) is 33.1 Å². The summed E-state index contributed by atoms with van der Waals surface area (Å²) >= 11 is 0. The second-order valence-corrected chi connectivity index (χ2v) is 1.67. The van der Waals surface area contributed by atoms with Crippen molar-refractivity contribution in [3.63, 3.8) is 0 Å². The first-order valence-electron chi connectivity index (χ1n) is 2.77. The SMILES string of the molecule is OC[CH]c1cccnc1. The molecule has 1 aromatic rings. The monoisotopic (exact) mass is 122 g/mol. The number of aliphatic hydroxyl groups is 1. The summed E-state index contributed by atoms with van der Waals surface area (Å²) in [5.41, 5.74) is 0.958. The molecule has 0 aliphatic heterocycles. The summed E-state index contributed by atoms with van der Waals surface area (Å²) in [7, 11) is 0. The van der Waals surface area contributed by atoms with Crippen molar-refractivity contribution in [1.29, 1.82) is 0 Å². The largest absolute Gasteiger partial charge is 0.396 e. The van der Waals surface area contributed by atoms with E-state index in [1.807, 2.05) is 12.1 Å². The Morgan fingerprint density at radius 2 is 2.56 bits per heavy atom. The fourth-order valence-electron chi connectivity index (χ4n) is 0.602. The summed E-state index contributed by atoms with van der Waals surface area (Å²) in [6.07, 6.45) is 5.11. The van der Waals surface area contributed by atoms with Crippen molar-refractivity contribution < 1.29 is 5.11 Å². The molecule has 47 valence electrons. The van der Waals surface area contributed by atoms with Gasteiger partial charge in [0.2, 0.25) is 0 Å². The molecule has 1 N–H and O–H groups in total. The molecule has 0 fully saturated rings. The van der Waals surface area contributed by atoms with Crippen molar-refractivity contribution in [2.45, 2.75) is 0 Å². The third-order valence-electron chi connectivity index (χ3n) is 1.01. The smallest absolute Gasteiger partial charge is 0.0507 e. The first kappa shape index (κ1) is 6.23. The Balaban J connectivity index is 2.61. The Hall–Kier alpha value is -0.890. The Bertz CT molecular complexity index is 162. The molecule has 0 aromatic carbocycles. The Labute approximate surface area is 54.2 Å². The highest BCUT2D eigenvalue weighted by molar-refractivity contribution is 5.17. The van der Waals surface area contributed by atoms with Crippen molar-refractivity contribution in [2.75, 3.05) is 6.61 Å². The molecular formula is C7H8NO. The molecule has 1 radical (unpaired) electrons. The average Bonchev–Trinajstić information content (AvgIpc) is 1.91. The number of hydrogen-bond donors (Lipinski definition) is 1. The quantitative estimate of drug-likeness (QED) is 0.624. The van der Waals surface area contributed by atoms with Crippen LogP contribution < -0.4 is 0 Å². The standard InChI is InChI=1S/C7H8NO/c9-5-3-7-2-1-4-8-6-7/h1-4,6,9H,5H2. The number of aromatic nitrogens is 1. The van der Waals surface area contributed by atoms with Crippen molar-refractivity contribution >= 4 is 0 Å². The molecule has 9 heavy (non-hydrogen) atoms. The predicted molar refractivity (Wildman–Crippen MR) is 34.7 cm³/mol. The van der Waals surface area contributed by atoms with E-state index in [2.05, 4.69) is 4.98 Å². The Morgan fingerprint density at radius 3 is 3.11 bits per heavy atom. The van der Waals surface area contributed by atoms with Gasteiger partial charge in [-0.15, -0.1) is 0 Å². The molecule has 0 saturated heterocycles. The number of pyridine rings is 1. The highest BCUT2D eigenvalue weighted by Crippen LogP contribution is 1.96. The second kappa shape index (κ2) is 3.20. The molecule has 0 spiro atoms. The molecule has 1 aromatic heterocycles. The number of rotatable bonds is 2. The van der Waals surface area contributed by atoms with Crippen molar-refractivity contribution in [1.82, 2.24) is 4.98 Å². The van der Waals surface area contributed by atoms with Crippen LogP contribution in [0.3, 0.4) is 0 Å². The van der Waals surface area contributed by atoms with E-state index < -0.39 is 0 Å². The van der Waals surface area contributed by atoms with E-state index in [-0.39, 0.29) is 6.61 Å². The minimum atomic E-state index is 0.0751. The van der Waals surface area contributed by atoms with Crippen molar-refractivity contribution in [3.05, 3.63) is 36.5 Å². The highest BCUT2D eigenvalue weighted by Gasteiger charge is 1.87. The van der Waals surface area contributed by atoms with Crippen LogP contribution in [0.25, 0.3) is 0 Å². The summed E-state index contributed by atoms with van der Waals surface area (Å²) in [6, 6.07) is 3.73. The number of nitrogens with zero attached hydrogens (tertiary/aromatic N) is 1. The van der Waals surface area contributed by atoms with Crippen LogP contribution in [0.2, 0.25) is 0 Å². The first-order chi connectivity index (χ1) is 4.43. The van der Waals surface area contributed by atoms with Crippen molar-refractivity contribution in [3.8, 4) is 0 Å². The van der Waals surface area contributed by atoms with Gasteiger partial charge in [-0.3, -0.25) is 4.98 Å². The van der Waals surface area contributed by atoms with Crippen LogP contribution in [-0.2, 0) is 0 Å². The molecule has 0 aliphatic carbocycles. The van der Waals surface area contributed by atoms with Crippen LogP contribution in [0, 0.1) is 6.42 Å². The summed E-state index contributed by atoms with van der Waals surface area (Å²) in [4.78, 5) is 3.86. The third kappa shape index (κ3) is 1.82. The lowest BCUT2D eigenvalue weighted by Gasteiger charge is -1.92. The van der Waals surface area contributed by atoms with Gasteiger partial charge in [0.25, 0.3) is 0 Å². The number of aliphatic hydroxyl groups excluding tert-OH is 1. The first-order valence-corrected chi connectivity index (χ1v) is 2.77. The molecule has 0 atom stereocenters. The number of hydrogen-bond acceptors (Lipinski definition) is 2. The van der Waals surface area contributed by atoms with E-state index in [1.54, 1.807) is 18.8 Å². The summed E-state index contributed by atoms with van der Waals surface area (Å²) in [6.45, 7) is 0.0751. The molecular weight excluding hydrogens is 114 g/mol. The molecule has 2 heteroatoms. The fraction of sp³-hybridized carbons (Fsp3) is 0.143. The maximum atomic E-state index is 8.44. The highest BCUT2D eigenvalue weighted by atomic mass is 16.2. The lowest BCUT2D eigenvalue weighted by atomic mass is 10.2. The van der Waals surface area contributed by atoms with E-state index in [9.17, 15) is 0 Å². The van der Waals surface area contributed by atoms with Crippen LogP contribution >= 0.6 is 0 Å². The van der Waals surface area contributed by atoms with Gasteiger partial charge in [0, 0.05) is 18.8 Å². The van der Waals surface area contributed by atoms with Gasteiger partial charge in [-0.1, -0.05) is 6.07 Å². The lowest BCUT2D eigenvalue weighted by molar-refractivity contribution is 0.331.